The van der Waals surface area contributed by atoms with E-state index in [4.69, 9.17) is 33.3 Å². The van der Waals surface area contributed by atoms with Gasteiger partial charge in [-0.3, -0.25) is 0 Å². The summed E-state index contributed by atoms with van der Waals surface area (Å²) in [6.07, 6.45) is 0. The highest BCUT2D eigenvalue weighted by Crippen LogP contribution is 2.31. The average Bonchev–Trinajstić information content (AvgIpc) is 2.67. The smallest absolute Gasteiger partial charge is 0.149 e. The molecule has 2 N–H and O–H groups in total. The fourth-order valence-electron chi connectivity index (χ4n) is 2.70. The fraction of sp³-hybridized carbons (Fsp3) is 0.0952. The molecular weight excluding hydrogens is 461 g/mol. The minimum atomic E-state index is -0.233. The highest BCUT2D eigenvalue weighted by Gasteiger charge is 2.17. The molecule has 0 amide bonds. The minimum Gasteiger partial charge on any atom is -0.394 e. The van der Waals surface area contributed by atoms with E-state index in [1.807, 2.05) is 49.4 Å². The third kappa shape index (κ3) is 5.05. The van der Waals surface area contributed by atoms with Crippen LogP contribution in [0.1, 0.15) is 28.3 Å². The summed E-state index contributed by atoms with van der Waals surface area (Å²) >= 11 is 15.7. The number of hydrazine groups is 1. The largest absolute Gasteiger partial charge is 0.394 e. The topological polar surface area (TPSA) is 57.1 Å². The Kier molecular flexibility index (Phi) is 6.95. The van der Waals surface area contributed by atoms with Crippen molar-refractivity contribution in [3.63, 3.8) is 0 Å². The molecule has 3 aromatic rings. The van der Waals surface area contributed by atoms with Crippen LogP contribution in [0.2, 0.25) is 10.0 Å². The summed E-state index contributed by atoms with van der Waals surface area (Å²) in [4.78, 5) is 5.61. The van der Waals surface area contributed by atoms with Gasteiger partial charge in [0.25, 0.3) is 0 Å². The van der Waals surface area contributed by atoms with Gasteiger partial charge in [0.15, 0.2) is 0 Å². The lowest BCUT2D eigenvalue weighted by Crippen LogP contribution is -2.38. The summed E-state index contributed by atoms with van der Waals surface area (Å²) in [6, 6.07) is 20.3. The summed E-state index contributed by atoms with van der Waals surface area (Å²) in [5.41, 5.74) is 9.39. The second kappa shape index (κ2) is 9.42. The predicted molar refractivity (Wildman–Crippen MR) is 115 cm³/mol. The summed E-state index contributed by atoms with van der Waals surface area (Å²) in [6.45, 7) is 1.86. The van der Waals surface area contributed by atoms with E-state index in [1.54, 1.807) is 18.2 Å². The van der Waals surface area contributed by atoms with Crippen molar-refractivity contribution in [1.29, 1.82) is 5.26 Å². The molecular formula is C21H16BrCl2N3O. The van der Waals surface area contributed by atoms with Crippen LogP contribution < -0.4 is 15.9 Å². The Morgan fingerprint density at radius 1 is 1.00 bits per heavy atom. The van der Waals surface area contributed by atoms with E-state index in [9.17, 15) is 0 Å². The second-order valence-electron chi connectivity index (χ2n) is 6.09. The zero-order valence-electron chi connectivity index (χ0n) is 14.8. The van der Waals surface area contributed by atoms with Gasteiger partial charge in [-0.1, -0.05) is 62.9 Å². The van der Waals surface area contributed by atoms with Crippen molar-refractivity contribution in [2.24, 2.45) is 0 Å². The van der Waals surface area contributed by atoms with Crippen LogP contribution >= 0.6 is 39.1 Å². The number of hydrogen-bond donors (Lipinski definition) is 2. The normalized spacial score (nSPS) is 11.7. The zero-order valence-corrected chi connectivity index (χ0v) is 17.9. The molecule has 0 bridgehead atoms. The SMILES string of the molecule is Cc1cc(ONNC(c2ccc(Cl)cc2)c2ccc(Cl)cc2Br)ccc1C#N. The lowest BCUT2D eigenvalue weighted by atomic mass is 9.99. The molecule has 1 unspecified atom stereocenters. The van der Waals surface area contributed by atoms with Gasteiger partial charge in [0.1, 0.15) is 5.75 Å². The summed E-state index contributed by atoms with van der Waals surface area (Å²) in [5.74, 6) is 0.592. The number of hydrogen-bond acceptors (Lipinski definition) is 4. The molecule has 0 radical (unpaired) electrons. The van der Waals surface area contributed by atoms with E-state index >= 15 is 0 Å². The molecule has 4 nitrogen and oxygen atoms in total. The number of aryl methyl sites for hydroxylation is 1. The molecule has 3 aromatic carbocycles. The first-order chi connectivity index (χ1) is 13.5. The lowest BCUT2D eigenvalue weighted by molar-refractivity contribution is 0.138. The fourth-order valence-corrected chi connectivity index (χ4v) is 3.74. The van der Waals surface area contributed by atoms with Crippen LogP contribution in [0.15, 0.2) is 65.1 Å². The molecule has 0 aliphatic heterocycles. The maximum atomic E-state index is 9.03. The highest BCUT2D eigenvalue weighted by atomic mass is 79.9. The van der Waals surface area contributed by atoms with Crippen molar-refractivity contribution in [3.8, 4) is 11.8 Å². The number of halogens is 3. The van der Waals surface area contributed by atoms with Crippen LogP contribution in [0.3, 0.4) is 0 Å². The third-order valence-corrected chi connectivity index (χ3v) is 5.34. The number of nitriles is 1. The third-order valence-electron chi connectivity index (χ3n) is 4.17. The van der Waals surface area contributed by atoms with E-state index in [0.717, 1.165) is 21.2 Å². The molecule has 0 heterocycles. The first kappa shape index (κ1) is 20.7. The quantitative estimate of drug-likeness (QED) is 0.421. The summed E-state index contributed by atoms with van der Waals surface area (Å²) < 4.78 is 0.864. The van der Waals surface area contributed by atoms with E-state index < -0.39 is 0 Å². The Balaban J connectivity index is 1.80. The lowest BCUT2D eigenvalue weighted by Gasteiger charge is -2.22. The molecule has 28 heavy (non-hydrogen) atoms. The van der Waals surface area contributed by atoms with Crippen LogP contribution in [0.25, 0.3) is 0 Å². The monoisotopic (exact) mass is 475 g/mol. The van der Waals surface area contributed by atoms with E-state index in [2.05, 4.69) is 33.0 Å². The van der Waals surface area contributed by atoms with Gasteiger partial charge in [0.2, 0.25) is 0 Å². The highest BCUT2D eigenvalue weighted by molar-refractivity contribution is 9.10. The van der Waals surface area contributed by atoms with Crippen LogP contribution in [-0.4, -0.2) is 0 Å². The molecule has 3 rings (SSSR count). The first-order valence-electron chi connectivity index (χ1n) is 8.36. The Morgan fingerprint density at radius 2 is 1.71 bits per heavy atom. The first-order valence-corrected chi connectivity index (χ1v) is 9.91. The molecule has 0 spiro atoms. The van der Waals surface area contributed by atoms with Gasteiger partial charge >= 0.3 is 0 Å². The summed E-state index contributed by atoms with van der Waals surface area (Å²) in [7, 11) is 0. The maximum absolute atomic E-state index is 9.03. The second-order valence-corrected chi connectivity index (χ2v) is 7.81. The van der Waals surface area contributed by atoms with Crippen molar-refractivity contribution in [2.45, 2.75) is 13.0 Å². The zero-order chi connectivity index (χ0) is 20.1. The summed E-state index contributed by atoms with van der Waals surface area (Å²) in [5, 5.41) is 10.3. The molecule has 0 saturated heterocycles. The average molecular weight is 477 g/mol. The van der Waals surface area contributed by atoms with E-state index in [1.165, 1.54) is 0 Å². The molecule has 0 aliphatic carbocycles. The van der Waals surface area contributed by atoms with Gasteiger partial charge in [-0.05, 0) is 66.1 Å². The van der Waals surface area contributed by atoms with E-state index in [0.29, 0.717) is 21.4 Å². The van der Waals surface area contributed by atoms with E-state index in [-0.39, 0.29) is 6.04 Å². The maximum Gasteiger partial charge on any atom is 0.149 e. The van der Waals surface area contributed by atoms with Crippen LogP contribution in [-0.2, 0) is 0 Å². The molecule has 0 aliphatic rings. The Hall–Kier alpha value is -2.07. The number of nitrogens with zero attached hydrogens (tertiary/aromatic N) is 1. The van der Waals surface area contributed by atoms with Gasteiger partial charge in [-0.2, -0.15) is 5.26 Å². The van der Waals surface area contributed by atoms with Gasteiger partial charge in [-0.25, -0.2) is 5.43 Å². The Bertz CT molecular complexity index is 1020. The number of nitrogens with one attached hydrogen (secondary N) is 2. The van der Waals surface area contributed by atoms with Crippen LogP contribution in [0.4, 0.5) is 0 Å². The van der Waals surface area contributed by atoms with Crippen molar-refractivity contribution < 1.29 is 4.84 Å². The van der Waals surface area contributed by atoms with Crippen LogP contribution in [0, 0.1) is 18.3 Å². The van der Waals surface area contributed by atoms with Crippen LogP contribution in [0.5, 0.6) is 5.75 Å². The van der Waals surface area contributed by atoms with Gasteiger partial charge < -0.3 is 4.84 Å². The molecule has 1 atom stereocenters. The molecule has 0 fully saturated rings. The van der Waals surface area contributed by atoms with Crippen molar-refractivity contribution in [1.82, 2.24) is 11.0 Å². The molecule has 7 heteroatoms. The number of benzene rings is 3. The van der Waals surface area contributed by atoms with Gasteiger partial charge in [0, 0.05) is 14.5 Å². The molecule has 142 valence electrons. The Morgan fingerprint density at radius 3 is 2.36 bits per heavy atom. The van der Waals surface area contributed by atoms with Crippen molar-refractivity contribution >= 4 is 39.1 Å². The van der Waals surface area contributed by atoms with Crippen molar-refractivity contribution in [3.05, 3.63) is 97.4 Å². The van der Waals surface area contributed by atoms with Crippen molar-refractivity contribution in [2.75, 3.05) is 0 Å². The van der Waals surface area contributed by atoms with Gasteiger partial charge in [0.05, 0.1) is 17.7 Å². The Labute approximate surface area is 182 Å². The molecule has 0 aromatic heterocycles. The standard InChI is InChI=1S/C21H16BrCl2N3O/c1-13-10-18(8-4-15(13)12-25)28-27-26-21(14-2-5-16(23)6-3-14)19-9-7-17(24)11-20(19)22/h2-11,21,26-27H,1H3. The number of rotatable bonds is 6. The minimum absolute atomic E-state index is 0.233. The van der Waals surface area contributed by atoms with Gasteiger partial charge in [-0.15, -0.1) is 0 Å². The molecule has 0 saturated carbocycles. The predicted octanol–water partition coefficient (Wildman–Crippen LogP) is 6.11.